The van der Waals surface area contributed by atoms with E-state index < -0.39 is 21.5 Å². The lowest BCUT2D eigenvalue weighted by molar-refractivity contribution is 0.0696. The van der Waals surface area contributed by atoms with Crippen molar-refractivity contribution in [2.75, 3.05) is 7.05 Å². The van der Waals surface area contributed by atoms with Crippen LogP contribution in [-0.4, -0.2) is 36.4 Å². The van der Waals surface area contributed by atoms with E-state index in [9.17, 15) is 13.2 Å². The fraction of sp³-hybridized carbons (Fsp3) is 0.462. The second kappa shape index (κ2) is 6.24. The van der Waals surface area contributed by atoms with Crippen molar-refractivity contribution in [1.29, 1.82) is 0 Å². The first-order valence-corrected chi connectivity index (χ1v) is 8.77. The zero-order valence-corrected chi connectivity index (χ0v) is 15.3. The van der Waals surface area contributed by atoms with Gasteiger partial charge in [-0.15, -0.1) is 0 Å². The third-order valence-corrected chi connectivity index (χ3v) is 6.92. The Hall–Kier alpha value is -0.630. The first-order valence-electron chi connectivity index (χ1n) is 6.16. The van der Waals surface area contributed by atoms with Crippen LogP contribution in [0, 0.1) is 0 Å². The van der Waals surface area contributed by atoms with E-state index in [1.807, 2.05) is 6.92 Å². The van der Waals surface area contributed by atoms with Gasteiger partial charge in [0.25, 0.3) is 0 Å². The summed E-state index contributed by atoms with van der Waals surface area (Å²) in [4.78, 5) is 11.1. The van der Waals surface area contributed by atoms with Crippen LogP contribution in [-0.2, 0) is 10.0 Å². The average Bonchev–Trinajstić information content (AvgIpc) is 2.40. The maximum Gasteiger partial charge on any atom is 0.337 e. The van der Waals surface area contributed by atoms with E-state index in [0.717, 1.165) is 6.07 Å². The Labute approximate surface area is 138 Å². The molecule has 118 valence electrons. The molecule has 1 N–H and O–H groups in total. The monoisotopic (exact) mass is 397 g/mol. The van der Waals surface area contributed by atoms with Gasteiger partial charge >= 0.3 is 5.97 Å². The largest absolute Gasteiger partial charge is 0.478 e. The van der Waals surface area contributed by atoms with Gasteiger partial charge in [-0.3, -0.25) is 0 Å². The smallest absolute Gasteiger partial charge is 0.337 e. The van der Waals surface area contributed by atoms with Gasteiger partial charge < -0.3 is 5.11 Å². The molecule has 1 aromatic rings. The maximum atomic E-state index is 12.6. The van der Waals surface area contributed by atoms with Crippen LogP contribution in [0.3, 0.4) is 0 Å². The van der Waals surface area contributed by atoms with Crippen molar-refractivity contribution < 1.29 is 18.3 Å². The summed E-state index contributed by atoms with van der Waals surface area (Å²) < 4.78 is 26.8. The van der Waals surface area contributed by atoms with Crippen molar-refractivity contribution in [3.8, 4) is 0 Å². The first kappa shape index (κ1) is 18.4. The summed E-state index contributed by atoms with van der Waals surface area (Å²) in [6.45, 7) is 5.48. The molecule has 0 spiro atoms. The van der Waals surface area contributed by atoms with E-state index in [1.54, 1.807) is 13.8 Å². The third kappa shape index (κ3) is 3.59. The highest BCUT2D eigenvalue weighted by atomic mass is 79.9. The van der Waals surface area contributed by atoms with Gasteiger partial charge in [0, 0.05) is 17.1 Å². The second-order valence-electron chi connectivity index (χ2n) is 5.21. The highest BCUT2D eigenvalue weighted by Crippen LogP contribution is 2.32. The van der Waals surface area contributed by atoms with Crippen molar-refractivity contribution in [2.45, 2.75) is 37.6 Å². The van der Waals surface area contributed by atoms with E-state index in [0.29, 0.717) is 6.42 Å². The quantitative estimate of drug-likeness (QED) is 0.822. The van der Waals surface area contributed by atoms with Crippen molar-refractivity contribution in [1.82, 2.24) is 4.31 Å². The third-order valence-electron chi connectivity index (χ3n) is 3.61. The maximum absolute atomic E-state index is 12.6. The number of hydrogen-bond donors (Lipinski definition) is 1. The minimum Gasteiger partial charge on any atom is -0.478 e. The van der Waals surface area contributed by atoms with Gasteiger partial charge in [-0.1, -0.05) is 18.5 Å². The molecular formula is C13H17BrClNO4S. The van der Waals surface area contributed by atoms with Crippen LogP contribution in [0.1, 0.15) is 37.6 Å². The average molecular weight is 399 g/mol. The van der Waals surface area contributed by atoms with Crippen LogP contribution in [0.15, 0.2) is 21.5 Å². The van der Waals surface area contributed by atoms with Crippen LogP contribution in [0.4, 0.5) is 0 Å². The zero-order valence-electron chi connectivity index (χ0n) is 12.1. The second-order valence-corrected chi connectivity index (χ2v) is 8.41. The lowest BCUT2D eigenvalue weighted by atomic mass is 10.0. The van der Waals surface area contributed by atoms with Gasteiger partial charge in [0.2, 0.25) is 10.0 Å². The Morgan fingerprint density at radius 1 is 1.43 bits per heavy atom. The molecular weight excluding hydrogens is 382 g/mol. The highest BCUT2D eigenvalue weighted by molar-refractivity contribution is 9.10. The van der Waals surface area contributed by atoms with Crippen molar-refractivity contribution in [3.05, 3.63) is 27.2 Å². The molecule has 8 heteroatoms. The molecule has 0 saturated carbocycles. The summed E-state index contributed by atoms with van der Waals surface area (Å²) in [5.41, 5.74) is -0.846. The van der Waals surface area contributed by atoms with Gasteiger partial charge in [0.1, 0.15) is 0 Å². The number of carboxylic acid groups (broad SMARTS) is 1. The van der Waals surface area contributed by atoms with Gasteiger partial charge in [0.05, 0.1) is 15.5 Å². The minimum absolute atomic E-state index is 0.0288. The normalized spacial score (nSPS) is 12.7. The first-order chi connectivity index (χ1) is 9.45. The SMILES string of the molecule is CCC(C)(C)N(C)S(=O)(=O)c1cc(Br)c(Cl)c(C(=O)O)c1. The molecule has 0 fully saturated rings. The standard InChI is InChI=1S/C13H17BrClNO4S/c1-5-13(2,3)16(4)21(19,20)8-6-9(12(17)18)11(15)10(14)7-8/h6-7H,5H2,1-4H3,(H,17,18). The summed E-state index contributed by atoms with van der Waals surface area (Å²) in [5.74, 6) is -1.28. The molecule has 0 atom stereocenters. The van der Waals surface area contributed by atoms with Crippen LogP contribution >= 0.6 is 27.5 Å². The summed E-state index contributed by atoms with van der Waals surface area (Å²) >= 11 is 8.97. The predicted molar refractivity (Wildman–Crippen MR) is 85.4 cm³/mol. The van der Waals surface area contributed by atoms with E-state index in [1.165, 1.54) is 17.4 Å². The molecule has 21 heavy (non-hydrogen) atoms. The molecule has 0 unspecified atom stereocenters. The topological polar surface area (TPSA) is 74.7 Å². The van der Waals surface area contributed by atoms with Crippen LogP contribution in [0.2, 0.25) is 5.02 Å². The van der Waals surface area contributed by atoms with Gasteiger partial charge in [-0.2, -0.15) is 4.31 Å². The summed E-state index contributed by atoms with van der Waals surface area (Å²) in [6, 6.07) is 2.39. The summed E-state index contributed by atoms with van der Waals surface area (Å²) in [6.07, 6.45) is 0.614. The molecule has 1 rings (SSSR count). The highest BCUT2D eigenvalue weighted by Gasteiger charge is 2.33. The number of carboxylic acids is 1. The molecule has 0 aromatic heterocycles. The van der Waals surface area contributed by atoms with Gasteiger partial charge in [-0.05, 0) is 48.3 Å². The minimum atomic E-state index is -3.82. The molecule has 0 aliphatic rings. The van der Waals surface area contributed by atoms with Gasteiger partial charge in [0.15, 0.2) is 0 Å². The predicted octanol–water partition coefficient (Wildman–Crippen LogP) is 3.61. The Morgan fingerprint density at radius 2 is 1.95 bits per heavy atom. The lowest BCUT2D eigenvalue weighted by Crippen LogP contribution is -2.44. The Morgan fingerprint density at radius 3 is 2.38 bits per heavy atom. The van der Waals surface area contributed by atoms with E-state index in [4.69, 9.17) is 16.7 Å². The molecule has 0 radical (unpaired) electrons. The Kier molecular flexibility index (Phi) is 5.47. The van der Waals surface area contributed by atoms with Crippen molar-refractivity contribution >= 4 is 43.5 Å². The molecule has 1 aromatic carbocycles. The molecule has 0 amide bonds. The number of benzene rings is 1. The number of sulfonamides is 1. The zero-order chi connectivity index (χ0) is 16.6. The van der Waals surface area contributed by atoms with E-state index in [2.05, 4.69) is 15.9 Å². The number of nitrogens with zero attached hydrogens (tertiary/aromatic N) is 1. The number of aromatic carboxylic acids is 1. The molecule has 0 heterocycles. The fourth-order valence-electron chi connectivity index (χ4n) is 1.57. The van der Waals surface area contributed by atoms with Crippen LogP contribution < -0.4 is 0 Å². The molecule has 0 aliphatic heterocycles. The Balaban J connectivity index is 3.50. The number of halogens is 2. The molecule has 0 aliphatic carbocycles. The van der Waals surface area contributed by atoms with E-state index in [-0.39, 0.29) is 20.0 Å². The van der Waals surface area contributed by atoms with Gasteiger partial charge in [-0.25, -0.2) is 13.2 Å². The molecule has 0 saturated heterocycles. The van der Waals surface area contributed by atoms with Crippen LogP contribution in [0.5, 0.6) is 0 Å². The lowest BCUT2D eigenvalue weighted by Gasteiger charge is -2.33. The fourth-order valence-corrected chi connectivity index (χ4v) is 4.01. The molecule has 5 nitrogen and oxygen atoms in total. The van der Waals surface area contributed by atoms with Crippen molar-refractivity contribution in [3.63, 3.8) is 0 Å². The van der Waals surface area contributed by atoms with Crippen LogP contribution in [0.25, 0.3) is 0 Å². The van der Waals surface area contributed by atoms with E-state index >= 15 is 0 Å². The molecule has 0 bridgehead atoms. The van der Waals surface area contributed by atoms with Crippen molar-refractivity contribution in [2.24, 2.45) is 0 Å². The number of rotatable bonds is 5. The summed E-state index contributed by atoms with van der Waals surface area (Å²) in [5, 5.41) is 9.08. The summed E-state index contributed by atoms with van der Waals surface area (Å²) in [7, 11) is -2.35. The Bertz CT molecular complexity index is 673. The number of carbonyl (C=O) groups is 1. The number of hydrogen-bond acceptors (Lipinski definition) is 3.